The standard InChI is InChI=1S/C13H18N2O4/c1-2-9(16)7-15-12(17)8-19-11-6-4-3-5-10(11)13(14)18/h3-6,9,16H,2,7-8H2,1H3,(H2,14,18)(H,15,17). The molecule has 0 heterocycles. The first-order chi connectivity index (χ1) is 9.04. The van der Waals surface area contributed by atoms with E-state index in [1.165, 1.54) is 6.07 Å². The van der Waals surface area contributed by atoms with E-state index in [2.05, 4.69) is 5.32 Å². The summed E-state index contributed by atoms with van der Waals surface area (Å²) in [5.41, 5.74) is 5.41. The number of benzene rings is 1. The SMILES string of the molecule is CCC(O)CNC(=O)COc1ccccc1C(N)=O. The van der Waals surface area contributed by atoms with Crippen LogP contribution in [0.15, 0.2) is 24.3 Å². The van der Waals surface area contributed by atoms with E-state index in [1.807, 2.05) is 6.92 Å². The number of aliphatic hydroxyl groups is 1. The third-order valence-corrected chi connectivity index (χ3v) is 2.52. The lowest BCUT2D eigenvalue weighted by atomic mass is 10.2. The second-order valence-corrected chi connectivity index (χ2v) is 4.02. The topological polar surface area (TPSA) is 102 Å². The fraction of sp³-hybridized carbons (Fsp3) is 0.385. The zero-order chi connectivity index (χ0) is 14.3. The van der Waals surface area contributed by atoms with Crippen molar-refractivity contribution in [3.8, 4) is 5.75 Å². The van der Waals surface area contributed by atoms with E-state index in [9.17, 15) is 14.7 Å². The number of rotatable bonds is 7. The van der Waals surface area contributed by atoms with Crippen LogP contribution in [-0.4, -0.2) is 36.2 Å². The summed E-state index contributed by atoms with van der Waals surface area (Å²) in [6, 6.07) is 6.43. The van der Waals surface area contributed by atoms with Crippen LogP contribution in [0.25, 0.3) is 0 Å². The maximum Gasteiger partial charge on any atom is 0.258 e. The van der Waals surface area contributed by atoms with Crippen molar-refractivity contribution >= 4 is 11.8 Å². The van der Waals surface area contributed by atoms with Gasteiger partial charge in [-0.15, -0.1) is 0 Å². The number of primary amides is 1. The molecule has 1 rings (SSSR count). The first-order valence-electron chi connectivity index (χ1n) is 6.01. The third kappa shape index (κ3) is 4.97. The zero-order valence-corrected chi connectivity index (χ0v) is 10.8. The fourth-order valence-electron chi connectivity index (χ4n) is 1.37. The summed E-state index contributed by atoms with van der Waals surface area (Å²) in [6.07, 6.45) is -0.00657. The minimum atomic E-state index is -0.614. The maximum absolute atomic E-state index is 11.5. The molecular formula is C13H18N2O4. The van der Waals surface area contributed by atoms with Crippen LogP contribution in [0.1, 0.15) is 23.7 Å². The Hall–Kier alpha value is -2.08. The van der Waals surface area contributed by atoms with Gasteiger partial charge in [0.1, 0.15) is 5.75 Å². The van der Waals surface area contributed by atoms with Crippen molar-refractivity contribution in [2.75, 3.05) is 13.2 Å². The Morgan fingerprint density at radius 1 is 1.42 bits per heavy atom. The molecule has 0 aliphatic rings. The summed E-state index contributed by atoms with van der Waals surface area (Å²) < 4.78 is 5.23. The lowest BCUT2D eigenvalue weighted by Crippen LogP contribution is -2.35. The van der Waals surface area contributed by atoms with Gasteiger partial charge in [0.05, 0.1) is 11.7 Å². The van der Waals surface area contributed by atoms with Crippen molar-refractivity contribution < 1.29 is 19.4 Å². The van der Waals surface area contributed by atoms with E-state index in [-0.39, 0.29) is 30.4 Å². The van der Waals surface area contributed by atoms with Gasteiger partial charge in [0.25, 0.3) is 11.8 Å². The van der Waals surface area contributed by atoms with Gasteiger partial charge < -0.3 is 20.9 Å². The Morgan fingerprint density at radius 3 is 2.74 bits per heavy atom. The minimum Gasteiger partial charge on any atom is -0.483 e. The van der Waals surface area contributed by atoms with Crippen molar-refractivity contribution in [2.24, 2.45) is 5.73 Å². The van der Waals surface area contributed by atoms with Gasteiger partial charge in [-0.2, -0.15) is 0 Å². The zero-order valence-electron chi connectivity index (χ0n) is 10.8. The molecule has 1 aromatic carbocycles. The largest absolute Gasteiger partial charge is 0.483 e. The van der Waals surface area contributed by atoms with Gasteiger partial charge in [0, 0.05) is 6.54 Å². The minimum absolute atomic E-state index is 0.177. The summed E-state index contributed by atoms with van der Waals surface area (Å²) in [4.78, 5) is 22.6. The van der Waals surface area contributed by atoms with Crippen LogP contribution < -0.4 is 15.8 Å². The van der Waals surface area contributed by atoms with E-state index < -0.39 is 12.0 Å². The predicted molar refractivity (Wildman–Crippen MR) is 69.8 cm³/mol. The first-order valence-corrected chi connectivity index (χ1v) is 6.01. The molecule has 1 atom stereocenters. The number of ether oxygens (including phenoxy) is 1. The van der Waals surface area contributed by atoms with Crippen molar-refractivity contribution in [3.63, 3.8) is 0 Å². The number of nitrogens with one attached hydrogen (secondary N) is 1. The molecule has 0 radical (unpaired) electrons. The highest BCUT2D eigenvalue weighted by Crippen LogP contribution is 2.16. The molecule has 6 nitrogen and oxygen atoms in total. The lowest BCUT2D eigenvalue weighted by molar-refractivity contribution is -0.123. The Labute approximate surface area is 111 Å². The van der Waals surface area contributed by atoms with Crippen LogP contribution >= 0.6 is 0 Å². The number of hydrogen-bond donors (Lipinski definition) is 3. The molecule has 0 spiro atoms. The van der Waals surface area contributed by atoms with Crippen LogP contribution in [0.3, 0.4) is 0 Å². The molecule has 1 unspecified atom stereocenters. The van der Waals surface area contributed by atoms with E-state index in [4.69, 9.17) is 10.5 Å². The van der Waals surface area contributed by atoms with Gasteiger partial charge in [-0.25, -0.2) is 0 Å². The number of para-hydroxylation sites is 1. The molecule has 1 aromatic rings. The quantitative estimate of drug-likeness (QED) is 0.649. The number of nitrogens with two attached hydrogens (primary N) is 1. The smallest absolute Gasteiger partial charge is 0.258 e. The first kappa shape index (κ1) is 15.0. The molecule has 104 valence electrons. The summed E-state index contributed by atoms with van der Waals surface area (Å²) in [5.74, 6) is -0.717. The van der Waals surface area contributed by atoms with Crippen molar-refractivity contribution in [2.45, 2.75) is 19.4 Å². The molecule has 2 amide bonds. The lowest BCUT2D eigenvalue weighted by Gasteiger charge is -2.11. The molecule has 6 heteroatoms. The normalized spacial score (nSPS) is 11.7. The van der Waals surface area contributed by atoms with Crippen molar-refractivity contribution in [1.29, 1.82) is 0 Å². The summed E-state index contributed by atoms with van der Waals surface area (Å²) in [6.45, 7) is 1.76. The second-order valence-electron chi connectivity index (χ2n) is 4.02. The van der Waals surface area contributed by atoms with Gasteiger partial charge >= 0.3 is 0 Å². The molecule has 0 aliphatic heterocycles. The van der Waals surface area contributed by atoms with Gasteiger partial charge in [-0.05, 0) is 18.6 Å². The molecule has 0 aliphatic carbocycles. The highest BCUT2D eigenvalue weighted by Gasteiger charge is 2.10. The Bertz CT molecular complexity index is 448. The number of hydrogen-bond acceptors (Lipinski definition) is 4. The number of carbonyl (C=O) groups is 2. The van der Waals surface area contributed by atoms with E-state index in [1.54, 1.807) is 18.2 Å². The van der Waals surface area contributed by atoms with Gasteiger partial charge in [0.15, 0.2) is 6.61 Å². The van der Waals surface area contributed by atoms with Crippen LogP contribution in [-0.2, 0) is 4.79 Å². The van der Waals surface area contributed by atoms with Crippen LogP contribution in [0.4, 0.5) is 0 Å². The molecular weight excluding hydrogens is 248 g/mol. The summed E-state index contributed by atoms with van der Waals surface area (Å²) >= 11 is 0. The van der Waals surface area contributed by atoms with E-state index in [0.717, 1.165) is 0 Å². The Morgan fingerprint density at radius 2 is 2.11 bits per heavy atom. The van der Waals surface area contributed by atoms with Crippen LogP contribution in [0.5, 0.6) is 5.75 Å². The molecule has 0 aromatic heterocycles. The number of aliphatic hydroxyl groups excluding tert-OH is 1. The summed E-state index contributed by atoms with van der Waals surface area (Å²) in [7, 11) is 0. The average molecular weight is 266 g/mol. The Kier molecular flexibility index (Phi) is 5.81. The van der Waals surface area contributed by atoms with Gasteiger partial charge in [-0.3, -0.25) is 9.59 Å². The fourth-order valence-corrected chi connectivity index (χ4v) is 1.37. The molecule has 0 saturated heterocycles. The van der Waals surface area contributed by atoms with Crippen molar-refractivity contribution in [3.05, 3.63) is 29.8 Å². The maximum atomic E-state index is 11.5. The average Bonchev–Trinajstić information content (AvgIpc) is 2.42. The Balaban J connectivity index is 2.48. The molecule has 19 heavy (non-hydrogen) atoms. The monoisotopic (exact) mass is 266 g/mol. The van der Waals surface area contributed by atoms with Crippen LogP contribution in [0, 0.1) is 0 Å². The second kappa shape index (κ2) is 7.38. The molecule has 0 bridgehead atoms. The number of amides is 2. The molecule has 0 saturated carbocycles. The molecule has 4 N–H and O–H groups in total. The van der Waals surface area contributed by atoms with E-state index in [0.29, 0.717) is 6.42 Å². The van der Waals surface area contributed by atoms with Gasteiger partial charge in [-0.1, -0.05) is 19.1 Å². The third-order valence-electron chi connectivity index (χ3n) is 2.52. The number of carbonyl (C=O) groups excluding carboxylic acids is 2. The predicted octanol–water partition coefficient (Wildman–Crippen LogP) is 0.0514. The van der Waals surface area contributed by atoms with Crippen molar-refractivity contribution in [1.82, 2.24) is 5.32 Å². The molecule has 0 fully saturated rings. The van der Waals surface area contributed by atoms with Crippen LogP contribution in [0.2, 0.25) is 0 Å². The highest BCUT2D eigenvalue weighted by atomic mass is 16.5. The van der Waals surface area contributed by atoms with Gasteiger partial charge in [0.2, 0.25) is 0 Å². The summed E-state index contributed by atoms with van der Waals surface area (Å²) in [5, 5.41) is 11.8. The van der Waals surface area contributed by atoms with E-state index >= 15 is 0 Å². The highest BCUT2D eigenvalue weighted by molar-refractivity contribution is 5.95.